The van der Waals surface area contributed by atoms with Gasteiger partial charge in [0, 0.05) is 11.6 Å². The second kappa shape index (κ2) is 5.12. The maximum atomic E-state index is 13.8. The van der Waals surface area contributed by atoms with E-state index >= 15 is 0 Å². The summed E-state index contributed by atoms with van der Waals surface area (Å²) in [5.74, 6) is 0.0305. The van der Waals surface area contributed by atoms with Gasteiger partial charge in [-0.2, -0.15) is 0 Å². The quantitative estimate of drug-likeness (QED) is 0.945. The van der Waals surface area contributed by atoms with E-state index in [0.717, 1.165) is 0 Å². The van der Waals surface area contributed by atoms with E-state index in [2.05, 4.69) is 20.9 Å². The van der Waals surface area contributed by atoms with E-state index in [9.17, 15) is 9.50 Å². The Morgan fingerprint density at radius 2 is 2.29 bits per heavy atom. The number of hydrogen-bond acceptors (Lipinski definition) is 4. The zero-order chi connectivity index (χ0) is 12.4. The van der Waals surface area contributed by atoms with Gasteiger partial charge in [-0.3, -0.25) is 0 Å². The molecule has 0 spiro atoms. The van der Waals surface area contributed by atoms with Crippen LogP contribution in [0.15, 0.2) is 22.1 Å². The summed E-state index contributed by atoms with van der Waals surface area (Å²) < 4.78 is 19.4. The number of halogens is 2. The van der Waals surface area contributed by atoms with Crippen LogP contribution in [0.2, 0.25) is 0 Å². The molecule has 1 aromatic heterocycles. The summed E-state index contributed by atoms with van der Waals surface area (Å²) in [4.78, 5) is 4.79. The fraction of sp³-hybridized carbons (Fsp3) is 0.182. The lowest BCUT2D eigenvalue weighted by atomic mass is 10.1. The van der Waals surface area contributed by atoms with Crippen molar-refractivity contribution in [2.75, 3.05) is 7.11 Å². The van der Waals surface area contributed by atoms with Crippen LogP contribution in [-0.4, -0.2) is 17.2 Å². The minimum Gasteiger partial charge on any atom is -0.497 e. The zero-order valence-corrected chi connectivity index (χ0v) is 11.3. The summed E-state index contributed by atoms with van der Waals surface area (Å²) in [7, 11) is 1.48. The van der Waals surface area contributed by atoms with Gasteiger partial charge in [-0.15, -0.1) is 11.3 Å². The topological polar surface area (TPSA) is 42.4 Å². The van der Waals surface area contributed by atoms with E-state index in [0.29, 0.717) is 25.8 Å². The molecule has 17 heavy (non-hydrogen) atoms. The molecule has 0 aliphatic carbocycles. The van der Waals surface area contributed by atoms with Gasteiger partial charge < -0.3 is 9.84 Å². The van der Waals surface area contributed by atoms with Crippen molar-refractivity contribution in [2.24, 2.45) is 0 Å². The van der Waals surface area contributed by atoms with Crippen molar-refractivity contribution >= 4 is 27.3 Å². The largest absolute Gasteiger partial charge is 0.497 e. The number of aromatic nitrogens is 1. The summed E-state index contributed by atoms with van der Waals surface area (Å²) in [5.41, 5.74) is 0.821. The molecule has 0 amide bonds. The fourth-order valence-corrected chi connectivity index (χ4v) is 2.88. The van der Waals surface area contributed by atoms with Gasteiger partial charge in [0.05, 0.1) is 24.3 Å². The van der Waals surface area contributed by atoms with Crippen LogP contribution < -0.4 is 4.74 Å². The molecular formula is C11H9BrFNO2S. The predicted molar refractivity (Wildman–Crippen MR) is 67.7 cm³/mol. The molecular weight excluding hydrogens is 309 g/mol. The third kappa shape index (κ3) is 2.48. The average molecular weight is 318 g/mol. The van der Waals surface area contributed by atoms with Crippen molar-refractivity contribution in [3.63, 3.8) is 0 Å². The Labute approximate surface area is 110 Å². The van der Waals surface area contributed by atoms with Crippen LogP contribution >= 0.6 is 27.3 Å². The first kappa shape index (κ1) is 12.5. The Balaban J connectivity index is 2.52. The third-order valence-electron chi connectivity index (χ3n) is 2.25. The lowest BCUT2D eigenvalue weighted by molar-refractivity contribution is 0.286. The number of rotatable bonds is 3. The molecule has 0 saturated heterocycles. The Morgan fingerprint density at radius 1 is 1.53 bits per heavy atom. The molecule has 1 heterocycles. The molecule has 90 valence electrons. The summed E-state index contributed by atoms with van der Waals surface area (Å²) in [6.45, 7) is -0.163. The number of benzene rings is 1. The Morgan fingerprint density at radius 3 is 2.88 bits per heavy atom. The molecule has 0 atom stereocenters. The third-order valence-corrected chi connectivity index (χ3v) is 3.74. The minimum atomic E-state index is -0.420. The van der Waals surface area contributed by atoms with Gasteiger partial charge >= 0.3 is 0 Å². The van der Waals surface area contributed by atoms with E-state index in [1.165, 1.54) is 24.5 Å². The van der Waals surface area contributed by atoms with Crippen molar-refractivity contribution in [1.29, 1.82) is 0 Å². The van der Waals surface area contributed by atoms with E-state index in [1.807, 2.05) is 0 Å². The van der Waals surface area contributed by atoms with E-state index in [1.54, 1.807) is 12.1 Å². The van der Waals surface area contributed by atoms with Gasteiger partial charge in [0.1, 0.15) is 11.6 Å². The highest BCUT2D eigenvalue weighted by Gasteiger charge is 2.15. The number of hydrogen-bond donors (Lipinski definition) is 1. The smallest absolute Gasteiger partial charge is 0.160 e. The van der Waals surface area contributed by atoms with Gasteiger partial charge in [-0.1, -0.05) is 0 Å². The van der Waals surface area contributed by atoms with E-state index in [-0.39, 0.29) is 6.61 Å². The molecule has 2 rings (SSSR count). The SMILES string of the molecule is COc1ccc(-c2nc(Br)sc2CO)c(F)c1. The van der Waals surface area contributed by atoms with Crippen molar-refractivity contribution in [3.8, 4) is 17.0 Å². The maximum Gasteiger partial charge on any atom is 0.160 e. The van der Waals surface area contributed by atoms with Crippen molar-refractivity contribution in [3.05, 3.63) is 32.8 Å². The highest BCUT2D eigenvalue weighted by Crippen LogP contribution is 2.33. The molecule has 6 heteroatoms. The number of thiazole rings is 1. The monoisotopic (exact) mass is 317 g/mol. The molecule has 2 aromatic rings. The molecule has 0 aliphatic heterocycles. The lowest BCUT2D eigenvalue weighted by Gasteiger charge is -2.04. The summed E-state index contributed by atoms with van der Waals surface area (Å²) in [6.07, 6.45) is 0. The van der Waals surface area contributed by atoms with Gasteiger partial charge in [-0.25, -0.2) is 9.37 Å². The van der Waals surface area contributed by atoms with Crippen molar-refractivity contribution in [2.45, 2.75) is 6.61 Å². The Kier molecular flexibility index (Phi) is 3.76. The summed E-state index contributed by atoms with van der Waals surface area (Å²) in [6, 6.07) is 4.55. The first-order chi connectivity index (χ1) is 8.15. The van der Waals surface area contributed by atoms with Crippen LogP contribution in [0.25, 0.3) is 11.3 Å². The molecule has 1 aromatic carbocycles. The molecule has 0 aliphatic rings. The van der Waals surface area contributed by atoms with Gasteiger partial charge in [0.25, 0.3) is 0 Å². The van der Waals surface area contributed by atoms with E-state index in [4.69, 9.17) is 4.74 Å². The number of aliphatic hydroxyl groups is 1. The predicted octanol–water partition coefficient (Wildman–Crippen LogP) is 3.21. The van der Waals surface area contributed by atoms with Gasteiger partial charge in [0.2, 0.25) is 0 Å². The van der Waals surface area contributed by atoms with Crippen LogP contribution in [0, 0.1) is 5.82 Å². The number of methoxy groups -OCH3 is 1. The Bertz CT molecular complexity index is 544. The number of nitrogens with zero attached hydrogens (tertiary/aromatic N) is 1. The molecule has 3 nitrogen and oxygen atoms in total. The van der Waals surface area contributed by atoms with Crippen molar-refractivity contribution in [1.82, 2.24) is 4.98 Å². The first-order valence-corrected chi connectivity index (χ1v) is 6.36. The highest BCUT2D eigenvalue weighted by atomic mass is 79.9. The number of ether oxygens (including phenoxy) is 1. The number of aliphatic hydroxyl groups excluding tert-OH is 1. The standard InChI is InChI=1S/C11H9BrFNO2S/c1-16-6-2-3-7(8(13)4-6)10-9(5-15)17-11(12)14-10/h2-4,15H,5H2,1H3. The van der Waals surface area contributed by atoms with Gasteiger partial charge in [0.15, 0.2) is 3.92 Å². The highest BCUT2D eigenvalue weighted by molar-refractivity contribution is 9.11. The summed E-state index contributed by atoms with van der Waals surface area (Å²) >= 11 is 4.51. The van der Waals surface area contributed by atoms with E-state index < -0.39 is 5.82 Å². The second-order valence-corrected chi connectivity index (χ2v) is 5.60. The van der Waals surface area contributed by atoms with Crippen LogP contribution in [-0.2, 0) is 6.61 Å². The molecule has 0 unspecified atom stereocenters. The summed E-state index contributed by atoms with van der Waals surface area (Å²) in [5, 5.41) is 9.19. The molecule has 0 saturated carbocycles. The normalized spacial score (nSPS) is 10.6. The first-order valence-electron chi connectivity index (χ1n) is 4.75. The Hall–Kier alpha value is -0.980. The molecule has 0 fully saturated rings. The molecule has 0 bridgehead atoms. The fourth-order valence-electron chi connectivity index (χ4n) is 1.46. The average Bonchev–Trinajstić information content (AvgIpc) is 2.70. The van der Waals surface area contributed by atoms with Gasteiger partial charge in [-0.05, 0) is 28.1 Å². The van der Waals surface area contributed by atoms with Crippen molar-refractivity contribution < 1.29 is 14.2 Å². The van der Waals surface area contributed by atoms with Crippen LogP contribution in [0.3, 0.4) is 0 Å². The lowest BCUT2D eigenvalue weighted by Crippen LogP contribution is -1.91. The van der Waals surface area contributed by atoms with Crippen LogP contribution in [0.4, 0.5) is 4.39 Å². The maximum absolute atomic E-state index is 13.8. The van der Waals surface area contributed by atoms with Crippen LogP contribution in [0.5, 0.6) is 5.75 Å². The molecule has 0 radical (unpaired) electrons. The zero-order valence-electron chi connectivity index (χ0n) is 8.91. The second-order valence-electron chi connectivity index (χ2n) is 3.24. The minimum absolute atomic E-state index is 0.163. The molecule has 1 N–H and O–H groups in total. The van der Waals surface area contributed by atoms with Crippen LogP contribution in [0.1, 0.15) is 4.88 Å².